The number of rotatable bonds is 10. The van der Waals surface area contributed by atoms with Gasteiger partial charge in [-0.3, -0.25) is 0 Å². The standard InChI is InChI=1S/C36H35N/c1-3-4-5-6-7-11-29-18-24-33(25-19-29)37(36-15-10-13-32-12-8-9-14-35(32)36)34-26-22-31(23-27-34)30-20-16-28(2)17-21-30/h3,8-10,12-27H,1,4-7,11H2,2H3. The number of hydrogen-bond donors (Lipinski definition) is 0. The van der Waals surface area contributed by atoms with Gasteiger partial charge < -0.3 is 4.90 Å². The molecule has 0 amide bonds. The van der Waals surface area contributed by atoms with Crippen molar-refractivity contribution in [2.24, 2.45) is 0 Å². The van der Waals surface area contributed by atoms with E-state index in [2.05, 4.69) is 134 Å². The Kier molecular flexibility index (Phi) is 7.81. The quantitative estimate of drug-likeness (QED) is 0.142. The third-order valence-electron chi connectivity index (χ3n) is 7.09. The van der Waals surface area contributed by atoms with Crippen LogP contribution in [-0.4, -0.2) is 0 Å². The van der Waals surface area contributed by atoms with Gasteiger partial charge in [-0.05, 0) is 85.0 Å². The number of anilines is 3. The summed E-state index contributed by atoms with van der Waals surface area (Å²) in [6, 6.07) is 42.0. The number of nitrogens with zero attached hydrogens (tertiary/aromatic N) is 1. The van der Waals surface area contributed by atoms with E-state index in [9.17, 15) is 0 Å². The molecule has 0 heterocycles. The van der Waals surface area contributed by atoms with Crippen LogP contribution in [0.5, 0.6) is 0 Å². The largest absolute Gasteiger partial charge is 0.310 e. The lowest BCUT2D eigenvalue weighted by Crippen LogP contribution is -2.10. The number of aryl methyl sites for hydroxylation is 2. The van der Waals surface area contributed by atoms with Gasteiger partial charge in [-0.2, -0.15) is 0 Å². The van der Waals surface area contributed by atoms with Crippen LogP contribution in [0.3, 0.4) is 0 Å². The molecular formula is C36H35N. The van der Waals surface area contributed by atoms with E-state index in [1.807, 2.05) is 6.08 Å². The zero-order valence-corrected chi connectivity index (χ0v) is 21.7. The summed E-state index contributed by atoms with van der Waals surface area (Å²) in [5.74, 6) is 0. The van der Waals surface area contributed by atoms with Crippen LogP contribution in [0.2, 0.25) is 0 Å². The van der Waals surface area contributed by atoms with Gasteiger partial charge >= 0.3 is 0 Å². The highest BCUT2D eigenvalue weighted by Gasteiger charge is 2.15. The van der Waals surface area contributed by atoms with Crippen molar-refractivity contribution in [3.05, 3.63) is 139 Å². The van der Waals surface area contributed by atoms with Gasteiger partial charge in [0.1, 0.15) is 0 Å². The first-order valence-electron chi connectivity index (χ1n) is 13.4. The Labute approximate surface area is 221 Å². The molecule has 0 unspecified atom stereocenters. The van der Waals surface area contributed by atoms with Crippen LogP contribution in [0, 0.1) is 6.92 Å². The fourth-order valence-corrected chi connectivity index (χ4v) is 4.99. The molecule has 37 heavy (non-hydrogen) atoms. The second kappa shape index (κ2) is 11.8. The molecule has 5 rings (SSSR count). The van der Waals surface area contributed by atoms with Gasteiger partial charge in [-0.25, -0.2) is 0 Å². The molecule has 184 valence electrons. The lowest BCUT2D eigenvalue weighted by molar-refractivity contribution is 0.687. The predicted molar refractivity (Wildman–Crippen MR) is 161 cm³/mol. The first-order chi connectivity index (χ1) is 18.2. The predicted octanol–water partition coefficient (Wildman–Crippen LogP) is 10.6. The van der Waals surface area contributed by atoms with E-state index in [-0.39, 0.29) is 0 Å². The van der Waals surface area contributed by atoms with Gasteiger partial charge in [0.05, 0.1) is 5.69 Å². The number of fused-ring (bicyclic) bond motifs is 1. The van der Waals surface area contributed by atoms with Crippen LogP contribution in [0.1, 0.15) is 36.8 Å². The summed E-state index contributed by atoms with van der Waals surface area (Å²) in [7, 11) is 0. The Balaban J connectivity index is 1.49. The number of unbranched alkanes of at least 4 members (excludes halogenated alkanes) is 3. The van der Waals surface area contributed by atoms with Gasteiger partial charge in [-0.1, -0.05) is 103 Å². The van der Waals surface area contributed by atoms with Crippen LogP contribution < -0.4 is 4.90 Å². The summed E-state index contributed by atoms with van der Waals surface area (Å²) in [5, 5.41) is 2.50. The summed E-state index contributed by atoms with van der Waals surface area (Å²) in [4.78, 5) is 2.38. The molecule has 0 aliphatic heterocycles. The van der Waals surface area contributed by atoms with Crippen molar-refractivity contribution in [1.82, 2.24) is 0 Å². The normalized spacial score (nSPS) is 10.9. The van der Waals surface area contributed by atoms with Crippen LogP contribution in [0.25, 0.3) is 21.9 Å². The van der Waals surface area contributed by atoms with Crippen molar-refractivity contribution in [2.45, 2.75) is 39.0 Å². The zero-order valence-electron chi connectivity index (χ0n) is 21.7. The molecule has 5 aromatic carbocycles. The van der Waals surface area contributed by atoms with Crippen LogP contribution in [0.15, 0.2) is 128 Å². The van der Waals surface area contributed by atoms with Crippen molar-refractivity contribution in [2.75, 3.05) is 4.90 Å². The van der Waals surface area contributed by atoms with E-state index < -0.39 is 0 Å². The third kappa shape index (κ3) is 5.84. The van der Waals surface area contributed by atoms with Crippen molar-refractivity contribution in [1.29, 1.82) is 0 Å². The Morgan fingerprint density at radius 3 is 1.95 bits per heavy atom. The van der Waals surface area contributed by atoms with Gasteiger partial charge in [0.15, 0.2) is 0 Å². The average Bonchev–Trinajstić information content (AvgIpc) is 2.95. The van der Waals surface area contributed by atoms with E-state index in [4.69, 9.17) is 0 Å². The molecule has 0 aliphatic carbocycles. The summed E-state index contributed by atoms with van der Waals surface area (Å²) < 4.78 is 0. The topological polar surface area (TPSA) is 3.24 Å². The second-order valence-electron chi connectivity index (χ2n) is 9.80. The SMILES string of the molecule is C=CCCCCCc1ccc(N(c2ccc(-c3ccc(C)cc3)cc2)c2cccc3ccccc23)cc1. The highest BCUT2D eigenvalue weighted by molar-refractivity contribution is 5.98. The number of hydrogen-bond acceptors (Lipinski definition) is 1. The lowest BCUT2D eigenvalue weighted by Gasteiger charge is -2.27. The summed E-state index contributed by atoms with van der Waals surface area (Å²) in [6.07, 6.45) is 7.96. The van der Waals surface area contributed by atoms with Crippen LogP contribution in [0.4, 0.5) is 17.1 Å². The number of allylic oxidation sites excluding steroid dienone is 1. The molecule has 0 bridgehead atoms. The fourth-order valence-electron chi connectivity index (χ4n) is 4.99. The second-order valence-corrected chi connectivity index (χ2v) is 9.80. The van der Waals surface area contributed by atoms with Crippen molar-refractivity contribution in [3.8, 4) is 11.1 Å². The van der Waals surface area contributed by atoms with Gasteiger partial charge in [0.2, 0.25) is 0 Å². The molecule has 0 N–H and O–H groups in total. The minimum absolute atomic E-state index is 1.11. The molecule has 0 aromatic heterocycles. The first kappa shape index (κ1) is 24.6. The molecule has 0 spiro atoms. The first-order valence-corrected chi connectivity index (χ1v) is 13.4. The molecule has 1 nitrogen and oxygen atoms in total. The minimum atomic E-state index is 1.11. The van der Waals surface area contributed by atoms with E-state index in [1.54, 1.807) is 0 Å². The van der Waals surface area contributed by atoms with Gasteiger partial charge in [0, 0.05) is 16.8 Å². The average molecular weight is 482 g/mol. The fraction of sp³-hybridized carbons (Fsp3) is 0.167. The van der Waals surface area contributed by atoms with E-state index in [1.165, 1.54) is 63.7 Å². The van der Waals surface area contributed by atoms with E-state index >= 15 is 0 Å². The summed E-state index contributed by atoms with van der Waals surface area (Å²) >= 11 is 0. The molecule has 0 aliphatic rings. The molecule has 0 radical (unpaired) electrons. The van der Waals surface area contributed by atoms with Crippen molar-refractivity contribution >= 4 is 27.8 Å². The molecule has 0 saturated carbocycles. The third-order valence-corrected chi connectivity index (χ3v) is 7.09. The maximum atomic E-state index is 3.83. The van der Waals surface area contributed by atoms with Crippen molar-refractivity contribution in [3.63, 3.8) is 0 Å². The highest BCUT2D eigenvalue weighted by Crippen LogP contribution is 2.39. The van der Waals surface area contributed by atoms with E-state index in [0.717, 1.165) is 18.5 Å². The summed E-state index contributed by atoms with van der Waals surface area (Å²) in [6.45, 7) is 5.96. The van der Waals surface area contributed by atoms with Gasteiger partial charge in [-0.15, -0.1) is 6.58 Å². The summed E-state index contributed by atoms with van der Waals surface area (Å²) in [5.41, 5.74) is 8.68. The molecular weight excluding hydrogens is 446 g/mol. The maximum absolute atomic E-state index is 3.83. The Morgan fingerprint density at radius 1 is 0.622 bits per heavy atom. The Hall–Kier alpha value is -4.10. The maximum Gasteiger partial charge on any atom is 0.0540 e. The minimum Gasteiger partial charge on any atom is -0.310 e. The van der Waals surface area contributed by atoms with Crippen LogP contribution >= 0.6 is 0 Å². The van der Waals surface area contributed by atoms with Crippen LogP contribution in [-0.2, 0) is 6.42 Å². The van der Waals surface area contributed by atoms with Crippen molar-refractivity contribution < 1.29 is 0 Å². The molecule has 0 saturated heterocycles. The molecule has 5 aromatic rings. The molecule has 0 fully saturated rings. The number of benzene rings is 5. The van der Waals surface area contributed by atoms with E-state index in [0.29, 0.717) is 0 Å². The Morgan fingerprint density at radius 2 is 1.24 bits per heavy atom. The van der Waals surface area contributed by atoms with Gasteiger partial charge in [0.25, 0.3) is 0 Å². The Bertz CT molecular complexity index is 1440. The smallest absolute Gasteiger partial charge is 0.0540 e. The zero-order chi connectivity index (χ0) is 25.5. The lowest BCUT2D eigenvalue weighted by atomic mass is 10.0. The highest BCUT2D eigenvalue weighted by atomic mass is 15.1. The molecule has 0 atom stereocenters. The molecule has 1 heteroatoms. The monoisotopic (exact) mass is 481 g/mol.